The third kappa shape index (κ3) is 2.82. The van der Waals surface area contributed by atoms with Gasteiger partial charge in [0.1, 0.15) is 5.76 Å². The molecule has 0 aliphatic carbocycles. The van der Waals surface area contributed by atoms with Crippen LogP contribution in [-0.2, 0) is 13.1 Å². The smallest absolute Gasteiger partial charge is 0.122 e. The van der Waals surface area contributed by atoms with Gasteiger partial charge in [0.2, 0.25) is 0 Å². The SMILES string of the molecule is Cc1ncn(Cc2ccoc2CNC(C)C)c1C. The average Bonchev–Trinajstić information content (AvgIpc) is 2.88. The molecule has 2 aromatic rings. The molecule has 18 heavy (non-hydrogen) atoms. The molecular formula is C14H21N3O. The predicted molar refractivity (Wildman–Crippen MR) is 71.5 cm³/mol. The molecule has 0 radical (unpaired) electrons. The number of hydrogen-bond acceptors (Lipinski definition) is 3. The lowest BCUT2D eigenvalue weighted by Crippen LogP contribution is -2.22. The minimum Gasteiger partial charge on any atom is -0.468 e. The maximum atomic E-state index is 5.54. The van der Waals surface area contributed by atoms with Gasteiger partial charge in [-0.3, -0.25) is 0 Å². The van der Waals surface area contributed by atoms with E-state index in [1.54, 1.807) is 6.26 Å². The molecule has 0 aliphatic heterocycles. The fraction of sp³-hybridized carbons (Fsp3) is 0.500. The summed E-state index contributed by atoms with van der Waals surface area (Å²) in [5, 5.41) is 3.38. The first-order valence-electron chi connectivity index (χ1n) is 6.35. The molecule has 0 aliphatic rings. The van der Waals surface area contributed by atoms with Crippen molar-refractivity contribution in [1.29, 1.82) is 0 Å². The molecule has 0 saturated heterocycles. The van der Waals surface area contributed by atoms with Crippen molar-refractivity contribution in [3.63, 3.8) is 0 Å². The van der Waals surface area contributed by atoms with Crippen molar-refractivity contribution >= 4 is 0 Å². The molecule has 2 rings (SSSR count). The second-order valence-corrected chi connectivity index (χ2v) is 4.95. The third-order valence-corrected chi connectivity index (χ3v) is 3.19. The van der Waals surface area contributed by atoms with Crippen LogP contribution in [0.1, 0.15) is 36.6 Å². The van der Waals surface area contributed by atoms with E-state index in [2.05, 4.69) is 35.6 Å². The van der Waals surface area contributed by atoms with Crippen LogP contribution in [0.3, 0.4) is 0 Å². The Hall–Kier alpha value is -1.55. The van der Waals surface area contributed by atoms with Gasteiger partial charge in [-0.1, -0.05) is 13.8 Å². The van der Waals surface area contributed by atoms with Crippen LogP contribution >= 0.6 is 0 Å². The van der Waals surface area contributed by atoms with Gasteiger partial charge >= 0.3 is 0 Å². The van der Waals surface area contributed by atoms with E-state index in [-0.39, 0.29) is 0 Å². The molecule has 2 heterocycles. The Morgan fingerprint density at radius 1 is 1.39 bits per heavy atom. The van der Waals surface area contributed by atoms with E-state index >= 15 is 0 Å². The molecule has 1 N–H and O–H groups in total. The van der Waals surface area contributed by atoms with Crippen molar-refractivity contribution in [2.75, 3.05) is 0 Å². The van der Waals surface area contributed by atoms with Gasteiger partial charge in [0.05, 0.1) is 31.4 Å². The van der Waals surface area contributed by atoms with E-state index in [1.807, 2.05) is 19.3 Å². The van der Waals surface area contributed by atoms with Crippen molar-refractivity contribution in [2.24, 2.45) is 0 Å². The van der Waals surface area contributed by atoms with Crippen molar-refractivity contribution in [3.05, 3.63) is 41.4 Å². The molecule has 0 saturated carbocycles. The second-order valence-electron chi connectivity index (χ2n) is 4.95. The Balaban J connectivity index is 2.10. The molecule has 0 fully saturated rings. The molecule has 0 spiro atoms. The predicted octanol–water partition coefficient (Wildman–Crippen LogP) is 2.64. The number of aromatic nitrogens is 2. The van der Waals surface area contributed by atoms with Crippen LogP contribution < -0.4 is 5.32 Å². The molecule has 2 aromatic heterocycles. The summed E-state index contributed by atoms with van der Waals surface area (Å²) in [4.78, 5) is 4.32. The molecule has 0 atom stereocenters. The van der Waals surface area contributed by atoms with Gasteiger partial charge in [-0.05, 0) is 19.9 Å². The fourth-order valence-electron chi connectivity index (χ4n) is 1.85. The maximum Gasteiger partial charge on any atom is 0.122 e. The number of hydrogen-bond donors (Lipinski definition) is 1. The normalized spacial score (nSPS) is 11.4. The van der Waals surface area contributed by atoms with Crippen LogP contribution in [0.25, 0.3) is 0 Å². The molecule has 98 valence electrons. The first-order chi connectivity index (χ1) is 8.58. The Labute approximate surface area is 108 Å². The van der Waals surface area contributed by atoms with Crippen molar-refractivity contribution in [3.8, 4) is 0 Å². The van der Waals surface area contributed by atoms with E-state index < -0.39 is 0 Å². The fourth-order valence-corrected chi connectivity index (χ4v) is 1.85. The van der Waals surface area contributed by atoms with Crippen molar-refractivity contribution in [2.45, 2.75) is 46.8 Å². The first kappa shape index (κ1) is 12.9. The van der Waals surface area contributed by atoms with Crippen LogP contribution in [0.5, 0.6) is 0 Å². The Kier molecular flexibility index (Phi) is 3.87. The molecule has 4 nitrogen and oxygen atoms in total. The Morgan fingerprint density at radius 2 is 2.17 bits per heavy atom. The summed E-state index contributed by atoms with van der Waals surface area (Å²) in [5.74, 6) is 1.01. The zero-order valence-electron chi connectivity index (χ0n) is 11.5. The topological polar surface area (TPSA) is 43.0 Å². The van der Waals surface area contributed by atoms with Gasteiger partial charge in [0, 0.05) is 17.3 Å². The summed E-state index contributed by atoms with van der Waals surface area (Å²) in [5.41, 5.74) is 3.50. The summed E-state index contributed by atoms with van der Waals surface area (Å²) < 4.78 is 7.69. The minimum atomic E-state index is 0.458. The van der Waals surface area contributed by atoms with Gasteiger partial charge < -0.3 is 14.3 Å². The van der Waals surface area contributed by atoms with Gasteiger partial charge in [-0.15, -0.1) is 0 Å². The van der Waals surface area contributed by atoms with E-state index in [9.17, 15) is 0 Å². The van der Waals surface area contributed by atoms with Gasteiger partial charge in [0.25, 0.3) is 0 Å². The summed E-state index contributed by atoms with van der Waals surface area (Å²) in [7, 11) is 0. The Morgan fingerprint density at radius 3 is 2.78 bits per heavy atom. The van der Waals surface area contributed by atoms with Crippen molar-refractivity contribution in [1.82, 2.24) is 14.9 Å². The molecule has 4 heteroatoms. The van der Waals surface area contributed by atoms with Crippen LogP contribution in [0, 0.1) is 13.8 Å². The summed E-state index contributed by atoms with van der Waals surface area (Å²) >= 11 is 0. The highest BCUT2D eigenvalue weighted by molar-refractivity contribution is 5.19. The lowest BCUT2D eigenvalue weighted by atomic mass is 10.2. The summed E-state index contributed by atoms with van der Waals surface area (Å²) in [6.07, 6.45) is 3.64. The monoisotopic (exact) mass is 247 g/mol. The third-order valence-electron chi connectivity index (χ3n) is 3.19. The zero-order valence-corrected chi connectivity index (χ0v) is 11.5. The number of furan rings is 1. The zero-order chi connectivity index (χ0) is 13.1. The van der Waals surface area contributed by atoms with Crippen LogP contribution in [0.2, 0.25) is 0 Å². The number of aryl methyl sites for hydroxylation is 1. The highest BCUT2D eigenvalue weighted by atomic mass is 16.3. The molecule has 0 amide bonds. The van der Waals surface area contributed by atoms with Crippen LogP contribution in [0.15, 0.2) is 23.1 Å². The lowest BCUT2D eigenvalue weighted by Gasteiger charge is -2.09. The van der Waals surface area contributed by atoms with Gasteiger partial charge in [-0.25, -0.2) is 4.98 Å². The summed E-state index contributed by atoms with van der Waals surface area (Å²) in [6.45, 7) is 9.97. The number of nitrogens with zero attached hydrogens (tertiary/aromatic N) is 2. The van der Waals surface area contributed by atoms with E-state index in [0.717, 1.165) is 24.5 Å². The quantitative estimate of drug-likeness (QED) is 0.883. The number of nitrogens with one attached hydrogen (secondary N) is 1. The van der Waals surface area contributed by atoms with E-state index in [0.29, 0.717) is 6.04 Å². The highest BCUT2D eigenvalue weighted by Gasteiger charge is 2.09. The molecular weight excluding hydrogens is 226 g/mol. The van der Waals surface area contributed by atoms with Gasteiger partial charge in [-0.2, -0.15) is 0 Å². The highest BCUT2D eigenvalue weighted by Crippen LogP contribution is 2.14. The molecule has 0 unspecified atom stereocenters. The van der Waals surface area contributed by atoms with Crippen LogP contribution in [0.4, 0.5) is 0 Å². The average molecular weight is 247 g/mol. The largest absolute Gasteiger partial charge is 0.468 e. The van der Waals surface area contributed by atoms with Crippen molar-refractivity contribution < 1.29 is 4.42 Å². The minimum absolute atomic E-state index is 0.458. The Bertz CT molecular complexity index is 511. The number of imidazole rings is 1. The number of rotatable bonds is 5. The first-order valence-corrected chi connectivity index (χ1v) is 6.35. The standard InChI is InChI=1S/C14H21N3O/c1-10(2)15-7-14-13(5-6-18-14)8-17-9-16-11(3)12(17)4/h5-6,9-10,15H,7-8H2,1-4H3. The van der Waals surface area contributed by atoms with Crippen LogP contribution in [-0.4, -0.2) is 15.6 Å². The van der Waals surface area contributed by atoms with E-state index in [4.69, 9.17) is 4.42 Å². The maximum absolute atomic E-state index is 5.54. The molecule has 0 bridgehead atoms. The second kappa shape index (κ2) is 5.40. The van der Waals surface area contributed by atoms with E-state index in [1.165, 1.54) is 11.3 Å². The lowest BCUT2D eigenvalue weighted by molar-refractivity contribution is 0.459. The molecule has 0 aromatic carbocycles. The summed E-state index contributed by atoms with van der Waals surface area (Å²) in [6, 6.07) is 2.49. The van der Waals surface area contributed by atoms with Gasteiger partial charge in [0.15, 0.2) is 0 Å².